The van der Waals surface area contributed by atoms with Gasteiger partial charge < -0.3 is 9.52 Å². The zero-order chi connectivity index (χ0) is 19.3. The summed E-state index contributed by atoms with van der Waals surface area (Å²) in [5, 5.41) is 14.5. The Morgan fingerprint density at radius 2 is 1.93 bits per heavy atom. The van der Waals surface area contributed by atoms with E-state index in [1.165, 1.54) is 11.1 Å². The number of aromatic nitrogens is 2. The van der Waals surface area contributed by atoms with E-state index in [1.807, 2.05) is 29.9 Å². The fourth-order valence-corrected chi connectivity index (χ4v) is 5.14. The van der Waals surface area contributed by atoms with Crippen LogP contribution in [0.4, 0.5) is 0 Å². The molecule has 0 amide bonds. The van der Waals surface area contributed by atoms with Crippen LogP contribution >= 0.6 is 0 Å². The summed E-state index contributed by atoms with van der Waals surface area (Å²) >= 11 is 0. The van der Waals surface area contributed by atoms with E-state index in [4.69, 9.17) is 4.42 Å². The summed E-state index contributed by atoms with van der Waals surface area (Å²) in [6.45, 7) is 10.1. The molecule has 2 saturated heterocycles. The molecule has 148 valence electrons. The average Bonchev–Trinajstić information content (AvgIpc) is 3.39. The van der Waals surface area contributed by atoms with Gasteiger partial charge in [-0.2, -0.15) is 5.10 Å². The van der Waals surface area contributed by atoms with E-state index in [2.05, 4.69) is 40.0 Å². The van der Waals surface area contributed by atoms with E-state index < -0.39 is 0 Å². The number of likely N-dealkylation sites (tertiary alicyclic amines) is 2. The molecule has 0 spiro atoms. The number of nitrogens with zero attached hydrogens (tertiary/aromatic N) is 4. The van der Waals surface area contributed by atoms with Crippen LogP contribution in [0.15, 0.2) is 41.1 Å². The highest BCUT2D eigenvalue weighted by Crippen LogP contribution is 2.43. The van der Waals surface area contributed by atoms with Crippen molar-refractivity contribution in [3.63, 3.8) is 0 Å². The quantitative estimate of drug-likeness (QED) is 0.737. The van der Waals surface area contributed by atoms with Crippen LogP contribution < -0.4 is 0 Å². The Bertz CT molecular complexity index is 974. The predicted molar refractivity (Wildman–Crippen MR) is 107 cm³/mol. The highest BCUT2D eigenvalue weighted by atomic mass is 16.3. The number of aryl methyl sites for hydroxylation is 2. The molecule has 6 heteroatoms. The number of pyridine rings is 1. The summed E-state index contributed by atoms with van der Waals surface area (Å²) in [5.74, 6) is 2.55. The van der Waals surface area contributed by atoms with Crippen molar-refractivity contribution in [2.24, 2.45) is 11.3 Å². The molecular formula is C22H28N4O2. The number of fused-ring (bicyclic) bond motifs is 2. The highest BCUT2D eigenvalue weighted by Gasteiger charge is 2.51. The van der Waals surface area contributed by atoms with E-state index in [1.54, 1.807) is 0 Å². The van der Waals surface area contributed by atoms with E-state index in [-0.39, 0.29) is 12.0 Å². The van der Waals surface area contributed by atoms with Gasteiger partial charge in [-0.3, -0.25) is 9.80 Å². The minimum absolute atomic E-state index is 0.0165. The largest absolute Gasteiger partial charge is 0.465 e. The Kier molecular flexibility index (Phi) is 4.30. The normalized spacial score (nSPS) is 25.8. The molecule has 5 heterocycles. The fourth-order valence-electron chi connectivity index (χ4n) is 5.14. The van der Waals surface area contributed by atoms with Gasteiger partial charge in [-0.05, 0) is 55.2 Å². The molecule has 0 radical (unpaired) electrons. The van der Waals surface area contributed by atoms with Gasteiger partial charge in [0.2, 0.25) is 0 Å². The van der Waals surface area contributed by atoms with Gasteiger partial charge in [0.25, 0.3) is 0 Å². The number of rotatable bonds is 5. The molecule has 2 fully saturated rings. The van der Waals surface area contributed by atoms with Gasteiger partial charge in [0.1, 0.15) is 11.5 Å². The van der Waals surface area contributed by atoms with Crippen molar-refractivity contribution in [2.75, 3.05) is 32.8 Å². The molecule has 2 unspecified atom stereocenters. The zero-order valence-corrected chi connectivity index (χ0v) is 16.6. The van der Waals surface area contributed by atoms with E-state index in [9.17, 15) is 5.11 Å². The number of hydrogen-bond donors (Lipinski definition) is 1. The molecule has 2 aliphatic heterocycles. The smallest absolute Gasteiger partial charge is 0.118 e. The Morgan fingerprint density at radius 3 is 2.61 bits per heavy atom. The molecule has 0 aromatic carbocycles. The molecule has 2 aliphatic rings. The third-order valence-corrected chi connectivity index (χ3v) is 6.68. The lowest BCUT2D eigenvalue weighted by Gasteiger charge is -2.27. The van der Waals surface area contributed by atoms with Gasteiger partial charge in [-0.15, -0.1) is 0 Å². The van der Waals surface area contributed by atoms with Crippen LogP contribution in [0.3, 0.4) is 0 Å². The van der Waals surface area contributed by atoms with E-state index in [0.29, 0.717) is 5.92 Å². The molecule has 2 atom stereocenters. The van der Waals surface area contributed by atoms with Crippen molar-refractivity contribution in [1.29, 1.82) is 0 Å². The summed E-state index contributed by atoms with van der Waals surface area (Å²) < 4.78 is 7.77. The third kappa shape index (κ3) is 3.05. The molecule has 6 nitrogen and oxygen atoms in total. The predicted octanol–water partition coefficient (Wildman–Crippen LogP) is 2.47. The topological polar surface area (TPSA) is 57.2 Å². The van der Waals surface area contributed by atoms with Gasteiger partial charge in [0.15, 0.2) is 0 Å². The second-order valence-electron chi connectivity index (χ2n) is 8.74. The maximum atomic E-state index is 10.3. The molecule has 0 bridgehead atoms. The van der Waals surface area contributed by atoms with Gasteiger partial charge in [-0.1, -0.05) is 0 Å². The first-order chi connectivity index (χ1) is 13.5. The SMILES string of the molecule is Cc1cc(CN2CC3CN(Cc4ccn5nccc5c4)CC3(CO)C2)oc1C. The molecule has 28 heavy (non-hydrogen) atoms. The first-order valence-electron chi connectivity index (χ1n) is 10.1. The Hall–Kier alpha value is -2.15. The molecule has 1 N–H and O–H groups in total. The maximum absolute atomic E-state index is 10.3. The van der Waals surface area contributed by atoms with Gasteiger partial charge in [-0.25, -0.2) is 4.52 Å². The van der Waals surface area contributed by atoms with Crippen molar-refractivity contribution in [3.05, 3.63) is 59.3 Å². The van der Waals surface area contributed by atoms with Crippen LogP contribution in [-0.2, 0) is 13.1 Å². The van der Waals surface area contributed by atoms with Crippen molar-refractivity contribution in [2.45, 2.75) is 26.9 Å². The summed E-state index contributed by atoms with van der Waals surface area (Å²) in [7, 11) is 0. The number of aliphatic hydroxyl groups excluding tert-OH is 1. The number of furan rings is 1. The minimum atomic E-state index is -0.0165. The van der Waals surface area contributed by atoms with Crippen LogP contribution in [-0.4, -0.2) is 57.3 Å². The van der Waals surface area contributed by atoms with Crippen molar-refractivity contribution >= 4 is 5.52 Å². The first kappa shape index (κ1) is 17.9. The lowest BCUT2D eigenvalue weighted by molar-refractivity contribution is 0.109. The lowest BCUT2D eigenvalue weighted by atomic mass is 9.82. The van der Waals surface area contributed by atoms with E-state index >= 15 is 0 Å². The Morgan fingerprint density at radius 1 is 1.14 bits per heavy atom. The molecule has 0 aliphatic carbocycles. The summed E-state index contributed by atoms with van der Waals surface area (Å²) in [4.78, 5) is 4.95. The van der Waals surface area contributed by atoms with E-state index in [0.717, 1.165) is 56.3 Å². The number of hydrogen-bond acceptors (Lipinski definition) is 5. The van der Waals surface area contributed by atoms with Crippen molar-refractivity contribution < 1.29 is 9.52 Å². The van der Waals surface area contributed by atoms with Crippen molar-refractivity contribution in [3.8, 4) is 0 Å². The van der Waals surface area contributed by atoms with Gasteiger partial charge >= 0.3 is 0 Å². The van der Waals surface area contributed by atoms with Crippen LogP contribution in [0.5, 0.6) is 0 Å². The first-order valence-corrected chi connectivity index (χ1v) is 10.1. The van der Waals surface area contributed by atoms with Crippen LogP contribution in [0.2, 0.25) is 0 Å². The Labute approximate surface area is 165 Å². The van der Waals surface area contributed by atoms with Crippen LogP contribution in [0, 0.1) is 25.2 Å². The minimum Gasteiger partial charge on any atom is -0.465 e. The second kappa shape index (κ2) is 6.72. The standard InChI is InChI=1S/C22H28N4O2/c1-16-7-21(28-17(16)2)12-25-11-19-10-24(13-22(19,14-25)15-27)9-18-4-6-26-20(8-18)3-5-23-26/h3-8,19,27H,9-15H2,1-2H3. The fraction of sp³-hybridized carbons (Fsp3) is 0.500. The zero-order valence-electron chi connectivity index (χ0n) is 16.6. The lowest BCUT2D eigenvalue weighted by Crippen LogP contribution is -2.36. The maximum Gasteiger partial charge on any atom is 0.118 e. The van der Waals surface area contributed by atoms with Crippen LogP contribution in [0.1, 0.15) is 22.6 Å². The summed E-state index contributed by atoms with van der Waals surface area (Å²) in [5.41, 5.74) is 3.63. The summed E-state index contributed by atoms with van der Waals surface area (Å²) in [6, 6.07) is 8.54. The molecule has 3 aromatic rings. The Balaban J connectivity index is 1.26. The third-order valence-electron chi connectivity index (χ3n) is 6.68. The number of aliphatic hydroxyl groups is 1. The molecule has 0 saturated carbocycles. The average molecular weight is 380 g/mol. The van der Waals surface area contributed by atoms with Crippen molar-refractivity contribution in [1.82, 2.24) is 19.4 Å². The summed E-state index contributed by atoms with van der Waals surface area (Å²) in [6.07, 6.45) is 3.86. The molecule has 3 aromatic heterocycles. The van der Waals surface area contributed by atoms with Gasteiger partial charge in [0.05, 0.1) is 18.7 Å². The molecule has 5 rings (SSSR count). The monoisotopic (exact) mass is 380 g/mol. The highest BCUT2D eigenvalue weighted by molar-refractivity contribution is 5.47. The van der Waals surface area contributed by atoms with Crippen LogP contribution in [0.25, 0.3) is 5.52 Å². The second-order valence-corrected chi connectivity index (χ2v) is 8.74. The molecular weight excluding hydrogens is 352 g/mol. The van der Waals surface area contributed by atoms with Gasteiger partial charge in [0, 0.05) is 50.5 Å².